The molecule has 2 aliphatic rings. The van der Waals surface area contributed by atoms with Gasteiger partial charge in [-0.2, -0.15) is 0 Å². The standard InChI is InChI=1S/C21H18ClN3O4/c22-15-7-5-14(6-8-15)19(27)24-11-9-23(10-12-24)18(26)13-25-20(28)16-3-1-2-4-17(16)21(25)29/h1-8H,9-13H2. The molecule has 7 nitrogen and oxygen atoms in total. The van der Waals surface area contributed by atoms with Gasteiger partial charge in [-0.3, -0.25) is 24.1 Å². The van der Waals surface area contributed by atoms with Crippen LogP contribution in [0.15, 0.2) is 48.5 Å². The Hall–Kier alpha value is -3.19. The summed E-state index contributed by atoms with van der Waals surface area (Å²) >= 11 is 5.86. The third-order valence-electron chi connectivity index (χ3n) is 5.18. The number of piperazine rings is 1. The molecule has 8 heteroatoms. The molecule has 0 N–H and O–H groups in total. The van der Waals surface area contributed by atoms with Gasteiger partial charge in [-0.1, -0.05) is 23.7 Å². The summed E-state index contributed by atoms with van der Waals surface area (Å²) in [6.45, 7) is 1.17. The largest absolute Gasteiger partial charge is 0.338 e. The van der Waals surface area contributed by atoms with Crippen LogP contribution in [0.1, 0.15) is 31.1 Å². The molecule has 29 heavy (non-hydrogen) atoms. The molecule has 0 aliphatic carbocycles. The molecule has 0 spiro atoms. The highest BCUT2D eigenvalue weighted by atomic mass is 35.5. The first-order chi connectivity index (χ1) is 14.0. The van der Waals surface area contributed by atoms with E-state index in [9.17, 15) is 19.2 Å². The molecule has 2 heterocycles. The van der Waals surface area contributed by atoms with Crippen molar-refractivity contribution in [2.75, 3.05) is 32.7 Å². The number of fused-ring (bicyclic) bond motifs is 1. The van der Waals surface area contributed by atoms with Crippen LogP contribution in [0.3, 0.4) is 0 Å². The predicted molar refractivity (Wildman–Crippen MR) is 106 cm³/mol. The normalized spacial score (nSPS) is 16.2. The van der Waals surface area contributed by atoms with Crippen molar-refractivity contribution in [3.8, 4) is 0 Å². The summed E-state index contributed by atoms with van der Waals surface area (Å²) in [5.41, 5.74) is 1.19. The average Bonchev–Trinajstić information content (AvgIpc) is 2.99. The Kier molecular flexibility index (Phi) is 5.07. The number of carbonyl (C=O) groups excluding carboxylic acids is 4. The molecule has 2 aromatic carbocycles. The molecule has 2 aromatic rings. The zero-order valence-corrected chi connectivity index (χ0v) is 16.3. The lowest BCUT2D eigenvalue weighted by Gasteiger charge is -2.35. The van der Waals surface area contributed by atoms with E-state index in [0.717, 1.165) is 4.90 Å². The fourth-order valence-corrected chi connectivity index (χ4v) is 3.68. The number of amides is 4. The number of hydrogen-bond donors (Lipinski definition) is 0. The van der Waals surface area contributed by atoms with Gasteiger partial charge in [0.1, 0.15) is 6.54 Å². The Labute approximate surface area is 172 Å². The summed E-state index contributed by atoms with van der Waals surface area (Å²) in [7, 11) is 0. The fourth-order valence-electron chi connectivity index (χ4n) is 3.55. The van der Waals surface area contributed by atoms with Crippen molar-refractivity contribution in [3.63, 3.8) is 0 Å². The maximum atomic E-state index is 12.6. The van der Waals surface area contributed by atoms with Gasteiger partial charge < -0.3 is 9.80 Å². The molecule has 0 saturated carbocycles. The van der Waals surface area contributed by atoms with E-state index in [4.69, 9.17) is 11.6 Å². The molecule has 4 amide bonds. The second-order valence-electron chi connectivity index (χ2n) is 6.92. The lowest BCUT2D eigenvalue weighted by atomic mass is 10.1. The van der Waals surface area contributed by atoms with Crippen LogP contribution in [0.4, 0.5) is 0 Å². The van der Waals surface area contributed by atoms with E-state index in [1.165, 1.54) is 0 Å². The number of benzene rings is 2. The van der Waals surface area contributed by atoms with Gasteiger partial charge in [0.15, 0.2) is 0 Å². The van der Waals surface area contributed by atoms with Gasteiger partial charge in [0.2, 0.25) is 5.91 Å². The zero-order valence-electron chi connectivity index (χ0n) is 15.5. The SMILES string of the molecule is O=C(CN1C(=O)c2ccccc2C1=O)N1CCN(C(=O)c2ccc(Cl)cc2)CC1. The van der Waals surface area contributed by atoms with Gasteiger partial charge in [-0.05, 0) is 36.4 Å². The molecule has 1 fully saturated rings. The van der Waals surface area contributed by atoms with E-state index < -0.39 is 11.8 Å². The van der Waals surface area contributed by atoms with E-state index in [1.54, 1.807) is 58.3 Å². The second-order valence-corrected chi connectivity index (χ2v) is 7.36. The van der Waals surface area contributed by atoms with E-state index >= 15 is 0 Å². The first kappa shape index (κ1) is 19.1. The Morgan fingerprint density at radius 3 is 1.86 bits per heavy atom. The Bertz CT molecular complexity index is 962. The number of rotatable bonds is 3. The van der Waals surface area contributed by atoms with E-state index in [2.05, 4.69) is 0 Å². The van der Waals surface area contributed by atoms with Crippen LogP contribution in [0.2, 0.25) is 5.02 Å². The maximum absolute atomic E-state index is 12.6. The third-order valence-corrected chi connectivity index (χ3v) is 5.43. The molecule has 1 saturated heterocycles. The van der Waals surface area contributed by atoms with Crippen molar-refractivity contribution in [2.24, 2.45) is 0 Å². The van der Waals surface area contributed by atoms with Gasteiger partial charge in [-0.15, -0.1) is 0 Å². The van der Waals surface area contributed by atoms with Crippen LogP contribution in [-0.2, 0) is 4.79 Å². The molecule has 0 atom stereocenters. The van der Waals surface area contributed by atoms with Gasteiger partial charge in [0.25, 0.3) is 17.7 Å². The maximum Gasteiger partial charge on any atom is 0.262 e. The molecule has 0 unspecified atom stereocenters. The summed E-state index contributed by atoms with van der Waals surface area (Å²) in [4.78, 5) is 54.3. The fraction of sp³-hybridized carbons (Fsp3) is 0.238. The average molecular weight is 412 g/mol. The zero-order chi connectivity index (χ0) is 20.5. The molecule has 0 aromatic heterocycles. The summed E-state index contributed by atoms with van der Waals surface area (Å²) in [6, 6.07) is 13.2. The third kappa shape index (κ3) is 3.61. The number of halogens is 1. The summed E-state index contributed by atoms with van der Waals surface area (Å²) < 4.78 is 0. The van der Waals surface area contributed by atoms with Crippen molar-refractivity contribution in [3.05, 3.63) is 70.2 Å². The van der Waals surface area contributed by atoms with Gasteiger partial charge in [0, 0.05) is 36.8 Å². The van der Waals surface area contributed by atoms with Gasteiger partial charge in [0.05, 0.1) is 11.1 Å². The molecule has 148 valence electrons. The topological polar surface area (TPSA) is 78.0 Å². The molecule has 0 radical (unpaired) electrons. The number of imide groups is 1. The van der Waals surface area contributed by atoms with Crippen LogP contribution in [0, 0.1) is 0 Å². The molecular formula is C21H18ClN3O4. The Balaban J connectivity index is 1.35. The Morgan fingerprint density at radius 2 is 1.31 bits per heavy atom. The lowest BCUT2D eigenvalue weighted by Crippen LogP contribution is -2.53. The van der Waals surface area contributed by atoms with E-state index in [0.29, 0.717) is 47.9 Å². The first-order valence-electron chi connectivity index (χ1n) is 9.23. The number of nitrogens with zero attached hydrogens (tertiary/aromatic N) is 3. The Morgan fingerprint density at radius 1 is 0.793 bits per heavy atom. The van der Waals surface area contributed by atoms with Crippen LogP contribution in [0.25, 0.3) is 0 Å². The summed E-state index contributed by atoms with van der Waals surface area (Å²) in [5, 5.41) is 0.560. The van der Waals surface area contributed by atoms with E-state index in [1.807, 2.05) is 0 Å². The first-order valence-corrected chi connectivity index (χ1v) is 9.61. The van der Waals surface area contributed by atoms with Gasteiger partial charge >= 0.3 is 0 Å². The molecule has 4 rings (SSSR count). The van der Waals surface area contributed by atoms with Crippen LogP contribution in [0.5, 0.6) is 0 Å². The minimum atomic E-state index is -0.449. The van der Waals surface area contributed by atoms with Crippen molar-refractivity contribution >= 4 is 35.2 Å². The second kappa shape index (κ2) is 7.67. The highest BCUT2D eigenvalue weighted by Gasteiger charge is 2.37. The lowest BCUT2D eigenvalue weighted by molar-refractivity contribution is -0.132. The number of hydrogen-bond acceptors (Lipinski definition) is 4. The minimum absolute atomic E-state index is 0.117. The molecular weight excluding hydrogens is 394 g/mol. The smallest absolute Gasteiger partial charge is 0.262 e. The monoisotopic (exact) mass is 411 g/mol. The molecule has 2 aliphatic heterocycles. The van der Waals surface area contributed by atoms with Crippen molar-refractivity contribution < 1.29 is 19.2 Å². The van der Waals surface area contributed by atoms with Crippen molar-refractivity contribution in [1.82, 2.24) is 14.7 Å². The highest BCUT2D eigenvalue weighted by molar-refractivity contribution is 6.30. The molecule has 0 bridgehead atoms. The summed E-state index contributed by atoms with van der Waals surface area (Å²) in [6.07, 6.45) is 0. The summed E-state index contributed by atoms with van der Waals surface area (Å²) in [5.74, 6) is -1.32. The van der Waals surface area contributed by atoms with Crippen molar-refractivity contribution in [1.29, 1.82) is 0 Å². The van der Waals surface area contributed by atoms with Gasteiger partial charge in [-0.25, -0.2) is 0 Å². The predicted octanol–water partition coefficient (Wildman–Crippen LogP) is 1.92. The van der Waals surface area contributed by atoms with E-state index in [-0.39, 0.29) is 18.4 Å². The van der Waals surface area contributed by atoms with Crippen molar-refractivity contribution in [2.45, 2.75) is 0 Å². The van der Waals surface area contributed by atoms with Crippen LogP contribution >= 0.6 is 11.6 Å². The van der Waals surface area contributed by atoms with Crippen LogP contribution < -0.4 is 0 Å². The minimum Gasteiger partial charge on any atom is -0.338 e. The quantitative estimate of drug-likeness (QED) is 0.723. The van der Waals surface area contributed by atoms with Crippen LogP contribution in [-0.4, -0.2) is 71.1 Å². The number of carbonyl (C=O) groups is 4. The highest BCUT2D eigenvalue weighted by Crippen LogP contribution is 2.22.